The molecule has 7 heteroatoms. The Morgan fingerprint density at radius 1 is 1.07 bits per heavy atom. The summed E-state index contributed by atoms with van der Waals surface area (Å²) in [5, 5.41) is 11.9. The minimum absolute atomic E-state index is 0.0324. The molecule has 1 aliphatic rings. The molecule has 0 aromatic heterocycles. The Balaban J connectivity index is 2.22. The molecule has 2 N–H and O–H groups in total. The standard InChI is InChI=1S/C20H36N2O5/c1-19(2,3)27-18(26)21-12-8-5-9-13-22(4)16(23)14-20(15-17(24)25)10-6-7-11-20/h5-15H2,1-4H3,(H,21,26)(H,24,25). The molecule has 0 aromatic rings. The number of amides is 2. The van der Waals surface area contributed by atoms with Gasteiger partial charge in [0.25, 0.3) is 0 Å². The lowest BCUT2D eigenvalue weighted by molar-refractivity contribution is -0.141. The molecule has 1 aliphatic carbocycles. The molecule has 7 nitrogen and oxygen atoms in total. The maximum absolute atomic E-state index is 12.5. The molecule has 0 bridgehead atoms. The third-order valence-corrected chi connectivity index (χ3v) is 4.98. The molecular formula is C20H36N2O5. The zero-order valence-corrected chi connectivity index (χ0v) is 17.3. The summed E-state index contributed by atoms with van der Waals surface area (Å²) in [7, 11) is 1.78. The van der Waals surface area contributed by atoms with Gasteiger partial charge in [-0.05, 0) is 58.3 Å². The Labute approximate surface area is 162 Å². The van der Waals surface area contributed by atoms with Crippen LogP contribution in [-0.4, -0.2) is 53.7 Å². The second-order valence-corrected chi connectivity index (χ2v) is 8.76. The fourth-order valence-corrected chi connectivity index (χ4v) is 3.60. The summed E-state index contributed by atoms with van der Waals surface area (Å²) in [5.41, 5.74) is -0.848. The molecule has 1 fully saturated rings. The van der Waals surface area contributed by atoms with Gasteiger partial charge in [-0.25, -0.2) is 4.79 Å². The molecule has 1 rings (SSSR count). The molecule has 0 radical (unpaired) electrons. The van der Waals surface area contributed by atoms with E-state index in [2.05, 4.69) is 5.32 Å². The molecule has 27 heavy (non-hydrogen) atoms. The minimum Gasteiger partial charge on any atom is -0.481 e. The zero-order valence-electron chi connectivity index (χ0n) is 17.3. The van der Waals surface area contributed by atoms with E-state index >= 15 is 0 Å². The van der Waals surface area contributed by atoms with Crippen LogP contribution < -0.4 is 5.32 Å². The van der Waals surface area contributed by atoms with Gasteiger partial charge in [-0.15, -0.1) is 0 Å². The van der Waals surface area contributed by atoms with Crippen molar-refractivity contribution < 1.29 is 24.2 Å². The summed E-state index contributed by atoms with van der Waals surface area (Å²) in [4.78, 5) is 36.9. The Kier molecular flexibility index (Phi) is 9.06. The summed E-state index contributed by atoms with van der Waals surface area (Å²) < 4.78 is 5.17. The number of carboxylic acids is 1. The minimum atomic E-state index is -0.815. The van der Waals surface area contributed by atoms with Crippen LogP contribution in [0.15, 0.2) is 0 Å². The lowest BCUT2D eigenvalue weighted by Gasteiger charge is -2.29. The Morgan fingerprint density at radius 3 is 2.26 bits per heavy atom. The van der Waals surface area contributed by atoms with Crippen molar-refractivity contribution in [3.63, 3.8) is 0 Å². The number of rotatable bonds is 10. The smallest absolute Gasteiger partial charge is 0.407 e. The number of hydrogen-bond acceptors (Lipinski definition) is 4. The van der Waals surface area contributed by atoms with E-state index in [4.69, 9.17) is 9.84 Å². The number of hydrogen-bond donors (Lipinski definition) is 2. The largest absolute Gasteiger partial charge is 0.481 e. The summed E-state index contributed by atoms with van der Waals surface area (Å²) in [6.45, 7) is 6.67. The molecule has 0 aliphatic heterocycles. The average Bonchev–Trinajstić information content (AvgIpc) is 2.95. The topological polar surface area (TPSA) is 95.9 Å². The predicted molar refractivity (Wildman–Crippen MR) is 103 cm³/mol. The third-order valence-electron chi connectivity index (χ3n) is 4.98. The Bertz CT molecular complexity index is 507. The first kappa shape index (κ1) is 23.2. The second-order valence-electron chi connectivity index (χ2n) is 8.76. The maximum Gasteiger partial charge on any atom is 0.407 e. The van der Waals surface area contributed by atoms with Gasteiger partial charge < -0.3 is 20.1 Å². The van der Waals surface area contributed by atoms with Crippen LogP contribution in [0.2, 0.25) is 0 Å². The third kappa shape index (κ3) is 9.63. The molecule has 0 atom stereocenters. The van der Waals surface area contributed by atoms with Crippen LogP contribution in [0.25, 0.3) is 0 Å². The van der Waals surface area contributed by atoms with Crippen molar-refractivity contribution in [2.24, 2.45) is 5.41 Å². The highest BCUT2D eigenvalue weighted by atomic mass is 16.6. The second kappa shape index (κ2) is 10.5. The Hall–Kier alpha value is -1.79. The van der Waals surface area contributed by atoms with Crippen LogP contribution in [0.4, 0.5) is 4.79 Å². The van der Waals surface area contributed by atoms with Crippen LogP contribution in [0, 0.1) is 5.41 Å². The van der Waals surface area contributed by atoms with E-state index in [1.54, 1.807) is 11.9 Å². The number of alkyl carbamates (subject to hydrolysis) is 1. The molecule has 0 aromatic carbocycles. The quantitative estimate of drug-likeness (QED) is 0.561. The van der Waals surface area contributed by atoms with Crippen LogP contribution in [-0.2, 0) is 14.3 Å². The van der Waals surface area contributed by atoms with Crippen molar-refractivity contribution in [1.82, 2.24) is 10.2 Å². The summed E-state index contributed by atoms with van der Waals surface area (Å²) in [6, 6.07) is 0. The molecule has 0 saturated heterocycles. The molecule has 0 heterocycles. The molecule has 156 valence electrons. The summed E-state index contributed by atoms with van der Waals surface area (Å²) in [5.74, 6) is -0.783. The van der Waals surface area contributed by atoms with Gasteiger partial charge in [0.05, 0.1) is 6.42 Å². The van der Waals surface area contributed by atoms with Crippen LogP contribution in [0.5, 0.6) is 0 Å². The number of unbranched alkanes of at least 4 members (excludes halogenated alkanes) is 2. The van der Waals surface area contributed by atoms with Crippen molar-refractivity contribution in [2.45, 2.75) is 84.2 Å². The van der Waals surface area contributed by atoms with Gasteiger partial charge in [-0.2, -0.15) is 0 Å². The predicted octanol–water partition coefficient (Wildman–Crippen LogP) is 3.57. The highest BCUT2D eigenvalue weighted by Crippen LogP contribution is 2.44. The first-order chi connectivity index (χ1) is 12.5. The molecular weight excluding hydrogens is 348 g/mol. The first-order valence-electron chi connectivity index (χ1n) is 9.96. The van der Waals surface area contributed by atoms with Gasteiger partial charge in [0, 0.05) is 26.6 Å². The van der Waals surface area contributed by atoms with Crippen LogP contribution >= 0.6 is 0 Å². The van der Waals surface area contributed by atoms with Crippen LogP contribution in [0.1, 0.15) is 78.6 Å². The van der Waals surface area contributed by atoms with E-state index in [0.717, 1.165) is 44.9 Å². The van der Waals surface area contributed by atoms with Gasteiger partial charge >= 0.3 is 12.1 Å². The van der Waals surface area contributed by atoms with Crippen LogP contribution in [0.3, 0.4) is 0 Å². The molecule has 0 spiro atoms. The van der Waals surface area contributed by atoms with E-state index in [1.165, 1.54) is 0 Å². The van der Waals surface area contributed by atoms with E-state index in [0.29, 0.717) is 19.5 Å². The number of nitrogens with one attached hydrogen (secondary N) is 1. The van der Waals surface area contributed by atoms with Crippen molar-refractivity contribution >= 4 is 18.0 Å². The number of carbonyl (C=O) groups excluding carboxylic acids is 2. The van der Waals surface area contributed by atoms with Crippen molar-refractivity contribution in [3.05, 3.63) is 0 Å². The summed E-state index contributed by atoms with van der Waals surface area (Å²) >= 11 is 0. The zero-order chi connectivity index (χ0) is 20.5. The van der Waals surface area contributed by atoms with E-state index in [9.17, 15) is 14.4 Å². The molecule has 0 unspecified atom stereocenters. The van der Waals surface area contributed by atoms with Crippen molar-refractivity contribution in [2.75, 3.05) is 20.1 Å². The van der Waals surface area contributed by atoms with E-state index in [1.807, 2.05) is 20.8 Å². The number of ether oxygens (including phenoxy) is 1. The molecule has 1 saturated carbocycles. The maximum atomic E-state index is 12.5. The lowest BCUT2D eigenvalue weighted by atomic mass is 9.79. The van der Waals surface area contributed by atoms with Gasteiger partial charge in [-0.3, -0.25) is 9.59 Å². The van der Waals surface area contributed by atoms with Crippen molar-refractivity contribution in [1.29, 1.82) is 0 Å². The average molecular weight is 385 g/mol. The number of aliphatic carboxylic acids is 1. The monoisotopic (exact) mass is 384 g/mol. The number of carboxylic acid groups (broad SMARTS) is 1. The van der Waals surface area contributed by atoms with Gasteiger partial charge in [0.2, 0.25) is 5.91 Å². The van der Waals surface area contributed by atoms with E-state index < -0.39 is 17.7 Å². The Morgan fingerprint density at radius 2 is 1.70 bits per heavy atom. The van der Waals surface area contributed by atoms with Crippen molar-refractivity contribution in [3.8, 4) is 0 Å². The normalized spacial score (nSPS) is 16.0. The fourth-order valence-electron chi connectivity index (χ4n) is 3.60. The lowest BCUT2D eigenvalue weighted by Crippen LogP contribution is -2.34. The number of nitrogens with zero attached hydrogens (tertiary/aromatic N) is 1. The van der Waals surface area contributed by atoms with Gasteiger partial charge in [0.15, 0.2) is 0 Å². The SMILES string of the molecule is CN(CCCCCNC(=O)OC(C)(C)C)C(=O)CC1(CC(=O)O)CCCC1. The molecule has 2 amide bonds. The van der Waals surface area contributed by atoms with Gasteiger partial charge in [0.1, 0.15) is 5.60 Å². The summed E-state index contributed by atoms with van der Waals surface area (Å²) in [6.07, 6.45) is 6.25. The highest BCUT2D eigenvalue weighted by molar-refractivity contribution is 5.78. The fraction of sp³-hybridized carbons (Fsp3) is 0.850. The van der Waals surface area contributed by atoms with E-state index in [-0.39, 0.29) is 17.7 Å². The highest BCUT2D eigenvalue weighted by Gasteiger charge is 2.38. The van der Waals surface area contributed by atoms with Gasteiger partial charge in [-0.1, -0.05) is 12.8 Å². The first-order valence-corrected chi connectivity index (χ1v) is 9.96. The number of carbonyl (C=O) groups is 3.